The number of nitrogens with zero attached hydrogens (tertiary/aromatic N) is 6. The SMILES string of the molecule is N#CN=C1C2=NC3c4cc(-c5ccc(C(F)(F)F)cc5)ccc4C(=NC#N)C3N=C2c2ccc(-c3ccc(C(F)(F)F)cc3)cc21. The highest BCUT2D eigenvalue weighted by molar-refractivity contribution is 6.79. The van der Waals surface area contributed by atoms with E-state index in [0.717, 1.165) is 24.3 Å². The maximum atomic E-state index is 13.1. The van der Waals surface area contributed by atoms with E-state index in [1.54, 1.807) is 42.6 Å². The summed E-state index contributed by atoms with van der Waals surface area (Å²) in [6.45, 7) is 0. The average molecular weight is 623 g/mol. The van der Waals surface area contributed by atoms with Crippen LogP contribution in [0.2, 0.25) is 0 Å². The van der Waals surface area contributed by atoms with Gasteiger partial charge in [0.25, 0.3) is 0 Å². The van der Waals surface area contributed by atoms with Crippen molar-refractivity contribution in [3.63, 3.8) is 0 Å². The molecule has 2 atom stereocenters. The Bertz CT molecular complexity index is 2140. The minimum atomic E-state index is -4.47. The molecule has 0 saturated carbocycles. The topological polar surface area (TPSA) is 97.0 Å². The molecule has 3 aliphatic rings. The van der Waals surface area contributed by atoms with Gasteiger partial charge in [0.2, 0.25) is 12.4 Å². The van der Waals surface area contributed by atoms with Crippen LogP contribution in [0.4, 0.5) is 26.3 Å². The standard InChI is InChI=1S/C34H16F6N6/c35-33(36,37)21-7-1-17(2-8-21)19-6-12-24-25(13-19)28(44-16-42)32-29(24)45-31-27(43-15-41)23-11-5-20(14-26(23)30(31)46-32)18-3-9-22(10-4-18)34(38,39)40/h1-14,30-31H. The number of alkyl halides is 6. The van der Waals surface area contributed by atoms with Gasteiger partial charge in [-0.05, 0) is 64.2 Å². The monoisotopic (exact) mass is 622 g/mol. The van der Waals surface area contributed by atoms with Gasteiger partial charge in [0.1, 0.15) is 23.5 Å². The van der Waals surface area contributed by atoms with E-state index in [2.05, 4.69) is 9.98 Å². The van der Waals surface area contributed by atoms with Crippen LogP contribution < -0.4 is 0 Å². The quantitative estimate of drug-likeness (QED) is 0.167. The zero-order chi connectivity index (χ0) is 32.4. The fraction of sp³-hybridized carbons (Fsp3) is 0.118. The Labute approximate surface area is 257 Å². The van der Waals surface area contributed by atoms with Crippen molar-refractivity contribution < 1.29 is 26.3 Å². The Balaban J connectivity index is 1.31. The first-order valence-corrected chi connectivity index (χ1v) is 13.7. The first-order valence-electron chi connectivity index (χ1n) is 13.7. The van der Waals surface area contributed by atoms with Gasteiger partial charge in [-0.1, -0.05) is 48.5 Å². The molecule has 4 aromatic rings. The van der Waals surface area contributed by atoms with E-state index in [-0.39, 0.29) is 5.71 Å². The van der Waals surface area contributed by atoms with Crippen molar-refractivity contribution in [3.05, 3.63) is 118 Å². The Morgan fingerprint density at radius 1 is 0.543 bits per heavy atom. The Morgan fingerprint density at radius 3 is 1.59 bits per heavy atom. The minimum Gasteiger partial charge on any atom is -0.270 e. The Hall–Kier alpha value is -5.88. The van der Waals surface area contributed by atoms with E-state index in [9.17, 15) is 36.9 Å². The number of nitriles is 2. The van der Waals surface area contributed by atoms with E-state index in [0.29, 0.717) is 61.6 Å². The largest absolute Gasteiger partial charge is 0.416 e. The fourth-order valence-corrected chi connectivity index (χ4v) is 6.04. The van der Waals surface area contributed by atoms with Gasteiger partial charge in [0, 0.05) is 16.7 Å². The minimum absolute atomic E-state index is 0.245. The molecule has 0 saturated heterocycles. The second-order valence-electron chi connectivity index (χ2n) is 10.7. The summed E-state index contributed by atoms with van der Waals surface area (Å²) in [7, 11) is 0. The predicted octanol–water partition coefficient (Wildman–Crippen LogP) is 7.98. The molecule has 0 spiro atoms. The average Bonchev–Trinajstić information content (AvgIpc) is 3.50. The fourth-order valence-electron chi connectivity index (χ4n) is 6.04. The van der Waals surface area contributed by atoms with Crippen LogP contribution in [0.25, 0.3) is 22.3 Å². The summed E-state index contributed by atoms with van der Waals surface area (Å²) < 4.78 is 78.7. The first-order chi connectivity index (χ1) is 22.0. The lowest BCUT2D eigenvalue weighted by molar-refractivity contribution is -0.138. The maximum Gasteiger partial charge on any atom is 0.416 e. The van der Waals surface area contributed by atoms with E-state index in [4.69, 9.17) is 9.98 Å². The molecule has 1 heterocycles. The Kier molecular flexibility index (Phi) is 6.49. The molecule has 6 nitrogen and oxygen atoms in total. The highest BCUT2D eigenvalue weighted by atomic mass is 19.4. The molecular formula is C34H16F6N6. The smallest absolute Gasteiger partial charge is 0.270 e. The summed E-state index contributed by atoms with van der Waals surface area (Å²) in [6, 6.07) is 18.6. The molecule has 0 aromatic heterocycles. The van der Waals surface area contributed by atoms with Gasteiger partial charge in [0.05, 0.1) is 22.6 Å². The molecule has 0 N–H and O–H groups in total. The van der Waals surface area contributed by atoms with E-state index < -0.39 is 35.6 Å². The molecular weight excluding hydrogens is 606 g/mol. The van der Waals surface area contributed by atoms with Crippen LogP contribution in [0.3, 0.4) is 0 Å². The van der Waals surface area contributed by atoms with Crippen molar-refractivity contribution in [1.29, 1.82) is 10.5 Å². The van der Waals surface area contributed by atoms with Gasteiger partial charge in [0.15, 0.2) is 0 Å². The molecule has 1 aliphatic heterocycles. The summed E-state index contributed by atoms with van der Waals surface area (Å²) in [5, 5.41) is 19.1. The third kappa shape index (κ3) is 4.66. The van der Waals surface area contributed by atoms with Crippen LogP contribution in [-0.2, 0) is 12.4 Å². The summed E-state index contributed by atoms with van der Waals surface area (Å²) >= 11 is 0. The maximum absolute atomic E-state index is 13.1. The lowest BCUT2D eigenvalue weighted by Gasteiger charge is -2.20. The third-order valence-electron chi connectivity index (χ3n) is 8.16. The van der Waals surface area contributed by atoms with Crippen LogP contribution in [-0.4, -0.2) is 28.9 Å². The van der Waals surface area contributed by atoms with Crippen LogP contribution in [0.15, 0.2) is 105 Å². The number of hydrogen-bond acceptors (Lipinski definition) is 6. The normalized spacial score (nSPS) is 19.8. The second-order valence-corrected chi connectivity index (χ2v) is 10.7. The summed E-state index contributed by atoms with van der Waals surface area (Å²) in [6.07, 6.45) is -5.32. The van der Waals surface area contributed by atoms with E-state index in [1.165, 1.54) is 24.3 Å². The van der Waals surface area contributed by atoms with Crippen molar-refractivity contribution in [3.8, 4) is 34.6 Å². The molecule has 0 fully saturated rings. The van der Waals surface area contributed by atoms with Crippen molar-refractivity contribution in [1.82, 2.24) is 0 Å². The van der Waals surface area contributed by atoms with Gasteiger partial charge < -0.3 is 0 Å². The molecule has 0 bridgehead atoms. The van der Waals surface area contributed by atoms with Crippen molar-refractivity contribution in [2.45, 2.75) is 24.4 Å². The van der Waals surface area contributed by atoms with Crippen molar-refractivity contribution >= 4 is 22.8 Å². The molecule has 224 valence electrons. The number of rotatable bonds is 2. The van der Waals surface area contributed by atoms with Gasteiger partial charge in [-0.2, -0.15) is 46.9 Å². The van der Waals surface area contributed by atoms with E-state index >= 15 is 0 Å². The molecule has 2 aliphatic carbocycles. The molecule has 7 rings (SSSR count). The number of fused-ring (bicyclic) bond motifs is 6. The number of benzene rings is 4. The summed E-state index contributed by atoms with van der Waals surface area (Å²) in [5.41, 5.74) is 4.55. The summed E-state index contributed by atoms with van der Waals surface area (Å²) in [5.74, 6) is 0. The lowest BCUT2D eigenvalue weighted by atomic mass is 9.97. The van der Waals surface area contributed by atoms with Gasteiger partial charge in [-0.3, -0.25) is 9.98 Å². The molecule has 12 heteroatoms. The first kappa shape index (κ1) is 28.9. The van der Waals surface area contributed by atoms with Gasteiger partial charge in [-0.25, -0.2) is 0 Å². The van der Waals surface area contributed by atoms with Crippen molar-refractivity contribution in [2.75, 3.05) is 0 Å². The molecule has 0 amide bonds. The number of hydrogen-bond donors (Lipinski definition) is 0. The highest BCUT2D eigenvalue weighted by Gasteiger charge is 2.45. The van der Waals surface area contributed by atoms with Crippen LogP contribution in [0.1, 0.15) is 39.4 Å². The zero-order valence-electron chi connectivity index (χ0n) is 23.2. The predicted molar refractivity (Wildman–Crippen MR) is 159 cm³/mol. The van der Waals surface area contributed by atoms with Crippen LogP contribution >= 0.6 is 0 Å². The molecule has 2 unspecified atom stereocenters. The Morgan fingerprint density at radius 2 is 1.04 bits per heavy atom. The molecule has 46 heavy (non-hydrogen) atoms. The third-order valence-corrected chi connectivity index (χ3v) is 8.16. The second kappa shape index (κ2) is 10.3. The number of aliphatic imine (C=N–C) groups is 4. The van der Waals surface area contributed by atoms with Crippen molar-refractivity contribution in [2.24, 2.45) is 20.0 Å². The van der Waals surface area contributed by atoms with Crippen LogP contribution in [0.5, 0.6) is 0 Å². The van der Waals surface area contributed by atoms with Crippen LogP contribution in [0, 0.1) is 22.9 Å². The number of halogens is 6. The highest BCUT2D eigenvalue weighted by Crippen LogP contribution is 2.44. The lowest BCUT2D eigenvalue weighted by Crippen LogP contribution is -2.30. The zero-order valence-corrected chi connectivity index (χ0v) is 23.2. The van der Waals surface area contributed by atoms with Gasteiger partial charge >= 0.3 is 12.4 Å². The summed E-state index contributed by atoms with van der Waals surface area (Å²) in [4.78, 5) is 18.0. The van der Waals surface area contributed by atoms with E-state index in [1.807, 2.05) is 6.19 Å². The molecule has 4 aromatic carbocycles. The van der Waals surface area contributed by atoms with Gasteiger partial charge in [-0.15, -0.1) is 0 Å². The molecule has 0 radical (unpaired) electrons.